The van der Waals surface area contributed by atoms with Crippen molar-refractivity contribution in [1.29, 1.82) is 0 Å². The molecule has 0 aliphatic carbocycles. The van der Waals surface area contributed by atoms with E-state index in [1.807, 2.05) is 17.6 Å². The van der Waals surface area contributed by atoms with Gasteiger partial charge in [0.1, 0.15) is 5.76 Å². The third-order valence-corrected chi connectivity index (χ3v) is 5.86. The normalized spacial score (nSPS) is 15.9. The Bertz CT molecular complexity index is 1060. The zero-order valence-electron chi connectivity index (χ0n) is 14.4. The first-order valence-corrected chi connectivity index (χ1v) is 9.62. The van der Waals surface area contributed by atoms with Gasteiger partial charge >= 0.3 is 0 Å². The van der Waals surface area contributed by atoms with Crippen LogP contribution >= 0.6 is 11.3 Å². The molecule has 26 heavy (non-hydrogen) atoms. The van der Waals surface area contributed by atoms with Crippen LogP contribution in [-0.2, 0) is 13.0 Å². The first-order valence-electron chi connectivity index (χ1n) is 8.74. The van der Waals surface area contributed by atoms with Gasteiger partial charge in [0.25, 0.3) is 0 Å². The molecule has 4 heterocycles. The van der Waals surface area contributed by atoms with E-state index in [4.69, 9.17) is 4.42 Å². The van der Waals surface area contributed by atoms with Crippen molar-refractivity contribution in [2.45, 2.75) is 25.9 Å². The number of hydrogen-bond donors (Lipinski definition) is 0. The van der Waals surface area contributed by atoms with E-state index in [9.17, 15) is 0 Å². The number of hydrogen-bond acceptors (Lipinski definition) is 6. The van der Waals surface area contributed by atoms with Crippen LogP contribution in [0.4, 0.5) is 0 Å². The molecule has 1 aliphatic rings. The summed E-state index contributed by atoms with van der Waals surface area (Å²) >= 11 is 1.68. The maximum absolute atomic E-state index is 6.06. The number of fused-ring (bicyclic) bond motifs is 2. The molecular formula is C20H18N4OS. The summed E-state index contributed by atoms with van der Waals surface area (Å²) in [5, 5.41) is 0. The van der Waals surface area contributed by atoms with Gasteiger partial charge in [-0.25, -0.2) is 9.97 Å². The minimum atomic E-state index is 0.307. The predicted octanol–water partition coefficient (Wildman–Crippen LogP) is 4.47. The van der Waals surface area contributed by atoms with Gasteiger partial charge in [-0.05, 0) is 36.8 Å². The molecule has 0 amide bonds. The van der Waals surface area contributed by atoms with Gasteiger partial charge in [-0.15, -0.1) is 11.3 Å². The number of pyridine rings is 1. The number of benzene rings is 1. The molecule has 3 aromatic heterocycles. The van der Waals surface area contributed by atoms with Gasteiger partial charge in [0, 0.05) is 31.4 Å². The van der Waals surface area contributed by atoms with Gasteiger partial charge in [0.05, 0.1) is 33.5 Å². The van der Waals surface area contributed by atoms with Crippen molar-refractivity contribution in [2.75, 3.05) is 6.54 Å². The summed E-state index contributed by atoms with van der Waals surface area (Å²) in [6.07, 6.45) is 4.46. The zero-order chi connectivity index (χ0) is 17.5. The van der Waals surface area contributed by atoms with E-state index in [1.54, 1.807) is 23.7 Å². The molecule has 4 aromatic rings. The molecule has 6 heteroatoms. The summed E-state index contributed by atoms with van der Waals surface area (Å²) in [5.41, 5.74) is 6.27. The zero-order valence-corrected chi connectivity index (χ0v) is 15.2. The summed E-state index contributed by atoms with van der Waals surface area (Å²) in [5.74, 6) is 1.64. The van der Waals surface area contributed by atoms with Crippen LogP contribution in [-0.4, -0.2) is 26.4 Å². The third-order valence-electron chi connectivity index (χ3n) is 5.05. The van der Waals surface area contributed by atoms with E-state index in [2.05, 4.69) is 45.0 Å². The molecule has 5 rings (SSSR count). The van der Waals surface area contributed by atoms with Crippen molar-refractivity contribution < 1.29 is 4.42 Å². The van der Waals surface area contributed by atoms with Crippen LogP contribution in [0.1, 0.15) is 30.0 Å². The fourth-order valence-electron chi connectivity index (χ4n) is 3.50. The summed E-state index contributed by atoms with van der Waals surface area (Å²) in [7, 11) is 0. The molecular weight excluding hydrogens is 344 g/mol. The Kier molecular flexibility index (Phi) is 3.80. The van der Waals surface area contributed by atoms with Crippen LogP contribution in [0.15, 0.2) is 52.7 Å². The second-order valence-corrected chi connectivity index (χ2v) is 7.49. The predicted molar refractivity (Wildman–Crippen MR) is 102 cm³/mol. The lowest BCUT2D eigenvalue weighted by atomic mass is 10.0. The molecule has 1 aromatic carbocycles. The molecule has 0 saturated carbocycles. The van der Waals surface area contributed by atoms with Gasteiger partial charge in [-0.3, -0.25) is 9.88 Å². The van der Waals surface area contributed by atoms with Gasteiger partial charge in [0.2, 0.25) is 5.89 Å². The lowest BCUT2D eigenvalue weighted by Crippen LogP contribution is -2.32. The fourth-order valence-corrected chi connectivity index (χ4v) is 4.16. The molecule has 0 spiro atoms. The highest BCUT2D eigenvalue weighted by Gasteiger charge is 2.26. The Morgan fingerprint density at radius 1 is 1.27 bits per heavy atom. The van der Waals surface area contributed by atoms with Gasteiger partial charge in [-0.1, -0.05) is 6.07 Å². The number of rotatable bonds is 3. The Morgan fingerprint density at radius 2 is 2.23 bits per heavy atom. The molecule has 0 N–H and O–H groups in total. The Labute approximate surface area is 155 Å². The molecule has 5 nitrogen and oxygen atoms in total. The van der Waals surface area contributed by atoms with Crippen molar-refractivity contribution in [2.24, 2.45) is 0 Å². The van der Waals surface area contributed by atoms with E-state index in [0.717, 1.165) is 42.0 Å². The van der Waals surface area contributed by atoms with Crippen molar-refractivity contribution in [3.8, 4) is 11.5 Å². The maximum atomic E-state index is 6.06. The molecule has 1 unspecified atom stereocenters. The Hall–Kier alpha value is -2.57. The number of nitrogens with zero attached hydrogens (tertiary/aromatic N) is 4. The van der Waals surface area contributed by atoms with Crippen molar-refractivity contribution in [3.63, 3.8) is 0 Å². The monoisotopic (exact) mass is 362 g/mol. The fraction of sp³-hybridized carbons (Fsp3) is 0.250. The van der Waals surface area contributed by atoms with Crippen LogP contribution in [0, 0.1) is 0 Å². The summed E-state index contributed by atoms with van der Waals surface area (Å²) in [6, 6.07) is 10.8. The van der Waals surface area contributed by atoms with Gasteiger partial charge in [-0.2, -0.15) is 0 Å². The molecule has 1 atom stereocenters. The van der Waals surface area contributed by atoms with Crippen LogP contribution in [0.25, 0.3) is 21.7 Å². The average molecular weight is 362 g/mol. The third kappa shape index (κ3) is 2.71. The van der Waals surface area contributed by atoms with Gasteiger partial charge in [0.15, 0.2) is 0 Å². The number of aromatic nitrogens is 3. The lowest BCUT2D eigenvalue weighted by Gasteiger charge is -2.31. The lowest BCUT2D eigenvalue weighted by molar-refractivity contribution is 0.174. The smallest absolute Gasteiger partial charge is 0.228 e. The quantitative estimate of drug-likeness (QED) is 0.538. The van der Waals surface area contributed by atoms with Crippen molar-refractivity contribution in [3.05, 3.63) is 65.3 Å². The van der Waals surface area contributed by atoms with Crippen LogP contribution in [0.2, 0.25) is 0 Å². The highest BCUT2D eigenvalue weighted by Crippen LogP contribution is 2.31. The number of thiazole rings is 1. The van der Waals surface area contributed by atoms with Crippen molar-refractivity contribution >= 4 is 21.6 Å². The van der Waals surface area contributed by atoms with E-state index in [1.165, 1.54) is 10.3 Å². The number of oxazole rings is 1. The topological polar surface area (TPSA) is 55.1 Å². The highest BCUT2D eigenvalue weighted by atomic mass is 32.1. The molecule has 0 saturated heterocycles. The minimum Gasteiger partial charge on any atom is -0.439 e. The highest BCUT2D eigenvalue weighted by molar-refractivity contribution is 7.16. The molecule has 0 fully saturated rings. The van der Waals surface area contributed by atoms with E-state index in [-0.39, 0.29) is 0 Å². The SMILES string of the molecule is CC(c1ccc2scnc2c1)N1CCc2nc(-c3cccnc3)oc2C1. The van der Waals surface area contributed by atoms with Crippen LogP contribution in [0.3, 0.4) is 0 Å². The standard InChI is InChI=1S/C20H18N4OS/c1-13(14-4-5-19-17(9-14)22-12-26-19)24-8-6-16-18(11-24)25-20(23-16)15-3-2-7-21-10-15/h2-5,7,9-10,12-13H,6,8,11H2,1H3. The van der Waals surface area contributed by atoms with E-state index >= 15 is 0 Å². The Balaban J connectivity index is 1.40. The minimum absolute atomic E-state index is 0.307. The summed E-state index contributed by atoms with van der Waals surface area (Å²) in [6.45, 7) is 4.00. The largest absolute Gasteiger partial charge is 0.439 e. The second-order valence-electron chi connectivity index (χ2n) is 6.61. The summed E-state index contributed by atoms with van der Waals surface area (Å²) < 4.78 is 7.30. The summed E-state index contributed by atoms with van der Waals surface area (Å²) in [4.78, 5) is 15.7. The second kappa shape index (κ2) is 6.30. The Morgan fingerprint density at radius 3 is 3.12 bits per heavy atom. The molecule has 0 bridgehead atoms. The van der Waals surface area contributed by atoms with Crippen LogP contribution < -0.4 is 0 Å². The molecule has 130 valence electrons. The molecule has 1 aliphatic heterocycles. The van der Waals surface area contributed by atoms with E-state index < -0.39 is 0 Å². The maximum Gasteiger partial charge on any atom is 0.228 e. The molecule has 0 radical (unpaired) electrons. The first kappa shape index (κ1) is 15.7. The average Bonchev–Trinajstić information content (AvgIpc) is 3.33. The van der Waals surface area contributed by atoms with Gasteiger partial charge < -0.3 is 4.42 Å². The van der Waals surface area contributed by atoms with Crippen LogP contribution in [0.5, 0.6) is 0 Å². The van der Waals surface area contributed by atoms with Crippen molar-refractivity contribution in [1.82, 2.24) is 19.9 Å². The van der Waals surface area contributed by atoms with E-state index in [0.29, 0.717) is 11.9 Å². The first-order chi connectivity index (χ1) is 12.8.